The van der Waals surface area contributed by atoms with E-state index in [2.05, 4.69) is 9.97 Å². The minimum Gasteiger partial charge on any atom is -0.501 e. The summed E-state index contributed by atoms with van der Waals surface area (Å²) in [5, 5.41) is 9.68. The maximum Gasteiger partial charge on any atom is 0.208 e. The first-order valence-electron chi connectivity index (χ1n) is 4.84. The van der Waals surface area contributed by atoms with Gasteiger partial charge in [-0.15, -0.1) is 0 Å². The second-order valence-electron chi connectivity index (χ2n) is 2.66. The Kier molecular flexibility index (Phi) is 4.08. The maximum absolute atomic E-state index is 9.68. The van der Waals surface area contributed by atoms with Crippen LogP contribution in [0.4, 0.5) is 5.69 Å². The fraction of sp³-hybridized carbons (Fsp3) is 0.300. The number of benzene rings is 1. The van der Waals surface area contributed by atoms with E-state index in [1.807, 2.05) is 19.9 Å². The molecule has 0 saturated carbocycles. The van der Waals surface area contributed by atoms with Gasteiger partial charge in [-0.2, -0.15) is 5.48 Å². The van der Waals surface area contributed by atoms with Crippen LogP contribution < -0.4 is 5.48 Å². The third-order valence-corrected chi connectivity index (χ3v) is 1.84. The zero-order valence-electron chi connectivity index (χ0n) is 9.11. The van der Waals surface area contributed by atoms with Crippen LogP contribution in [-0.4, -0.2) is 22.2 Å². The van der Waals surface area contributed by atoms with Crippen molar-refractivity contribution in [3.63, 3.8) is 0 Å². The Morgan fingerprint density at radius 1 is 1.40 bits per heavy atom. The van der Waals surface area contributed by atoms with Crippen molar-refractivity contribution in [3.05, 3.63) is 18.5 Å². The lowest BCUT2D eigenvalue weighted by molar-refractivity contribution is -0.830. The van der Waals surface area contributed by atoms with E-state index in [1.54, 1.807) is 12.4 Å². The first kappa shape index (κ1) is 11.5. The van der Waals surface area contributed by atoms with Gasteiger partial charge in [-0.05, 0) is 6.07 Å². The summed E-state index contributed by atoms with van der Waals surface area (Å²) < 4.78 is 0. The first-order chi connectivity index (χ1) is 7.33. The van der Waals surface area contributed by atoms with Crippen LogP contribution in [-0.2, 0) is 4.84 Å². The smallest absolute Gasteiger partial charge is 0.208 e. The quantitative estimate of drug-likeness (QED) is 0.394. The Balaban J connectivity index is 0.000000531. The molecule has 0 aliphatic rings. The predicted molar refractivity (Wildman–Crippen MR) is 57.7 cm³/mol. The van der Waals surface area contributed by atoms with Gasteiger partial charge in [0, 0.05) is 6.07 Å². The Bertz CT molecular complexity index is 426. The average molecular weight is 210 g/mol. The Labute approximate surface area is 88.1 Å². The molecule has 82 valence electrons. The Morgan fingerprint density at radius 3 is 2.80 bits per heavy atom. The van der Waals surface area contributed by atoms with E-state index in [9.17, 15) is 5.11 Å². The number of imidazole rings is 1. The first-order valence-corrected chi connectivity index (χ1v) is 4.84. The number of aromatic hydroxyl groups is 1. The van der Waals surface area contributed by atoms with Crippen LogP contribution >= 0.6 is 0 Å². The number of hydrogen-bond donors (Lipinski definition) is 3. The van der Waals surface area contributed by atoms with Gasteiger partial charge in [-0.1, -0.05) is 13.8 Å². The molecule has 0 spiro atoms. The highest BCUT2D eigenvalue weighted by molar-refractivity contribution is 5.84. The molecule has 4 N–H and O–H groups in total. The molecule has 1 aromatic heterocycles. The molecule has 2 rings (SSSR count). The van der Waals surface area contributed by atoms with Gasteiger partial charge < -0.3 is 10.1 Å². The number of nitrogens with two attached hydrogens (primary N) is 1. The molecule has 2 aromatic rings. The van der Waals surface area contributed by atoms with Crippen LogP contribution in [0.15, 0.2) is 18.5 Å². The SMILES string of the molecule is CC.CO[NH2+]c1ccc2[nH]cnc2c1O. The highest BCUT2D eigenvalue weighted by Crippen LogP contribution is 2.26. The van der Waals surface area contributed by atoms with E-state index >= 15 is 0 Å². The molecular weight excluding hydrogens is 194 g/mol. The van der Waals surface area contributed by atoms with Gasteiger partial charge in [0.1, 0.15) is 5.52 Å². The molecule has 0 amide bonds. The lowest BCUT2D eigenvalue weighted by Gasteiger charge is -1.99. The van der Waals surface area contributed by atoms with Crippen molar-refractivity contribution >= 4 is 16.7 Å². The van der Waals surface area contributed by atoms with Gasteiger partial charge in [0.15, 0.2) is 0 Å². The molecule has 0 saturated heterocycles. The number of H-pyrrole nitrogens is 1. The van der Waals surface area contributed by atoms with Crippen molar-refractivity contribution in [3.8, 4) is 5.75 Å². The molecule has 5 nitrogen and oxygen atoms in total. The standard InChI is InChI=1S/C8H9N3O2.C2H6/c1-13-11-6-3-2-5-7(8(6)12)10-4-9-5;1-2/h2-4,11-12H,1H3,(H,9,10);1-2H3/p+1. The normalized spacial score (nSPS) is 9.80. The average Bonchev–Trinajstić information content (AvgIpc) is 2.74. The number of nitrogens with zero attached hydrogens (tertiary/aromatic N) is 1. The summed E-state index contributed by atoms with van der Waals surface area (Å²) in [5.74, 6) is 0.139. The van der Waals surface area contributed by atoms with Crippen LogP contribution in [0.3, 0.4) is 0 Å². The summed E-state index contributed by atoms with van der Waals surface area (Å²) in [7, 11) is 1.54. The van der Waals surface area contributed by atoms with E-state index < -0.39 is 0 Å². The van der Waals surface area contributed by atoms with Gasteiger partial charge in [0.05, 0.1) is 19.0 Å². The number of phenolic OH excluding ortho intramolecular Hbond substituents is 1. The predicted octanol–water partition coefficient (Wildman–Crippen LogP) is 1.05. The topological polar surface area (TPSA) is 74.8 Å². The number of aromatic amines is 1. The minimum atomic E-state index is 0.139. The number of phenols is 1. The summed E-state index contributed by atoms with van der Waals surface area (Å²) in [4.78, 5) is 11.7. The fourth-order valence-corrected chi connectivity index (χ4v) is 1.23. The van der Waals surface area contributed by atoms with E-state index in [0.29, 0.717) is 11.2 Å². The number of hydrogen-bond acceptors (Lipinski definition) is 3. The molecule has 0 fully saturated rings. The molecule has 0 aliphatic heterocycles. The van der Waals surface area contributed by atoms with Crippen LogP contribution in [0.1, 0.15) is 13.8 Å². The second-order valence-corrected chi connectivity index (χ2v) is 2.66. The van der Waals surface area contributed by atoms with Crippen molar-refractivity contribution in [2.75, 3.05) is 7.11 Å². The van der Waals surface area contributed by atoms with Crippen molar-refractivity contribution in [2.45, 2.75) is 13.8 Å². The van der Waals surface area contributed by atoms with Crippen molar-refractivity contribution in [2.24, 2.45) is 0 Å². The van der Waals surface area contributed by atoms with E-state index in [-0.39, 0.29) is 5.75 Å². The Morgan fingerprint density at radius 2 is 2.13 bits per heavy atom. The molecule has 0 unspecified atom stereocenters. The Hall–Kier alpha value is -1.59. The lowest BCUT2D eigenvalue weighted by atomic mass is 10.2. The maximum atomic E-state index is 9.68. The van der Waals surface area contributed by atoms with Gasteiger partial charge in [0.2, 0.25) is 11.4 Å². The second kappa shape index (κ2) is 5.33. The van der Waals surface area contributed by atoms with Crippen molar-refractivity contribution in [1.82, 2.24) is 9.97 Å². The van der Waals surface area contributed by atoms with E-state index in [4.69, 9.17) is 4.84 Å². The van der Waals surface area contributed by atoms with Crippen LogP contribution in [0.2, 0.25) is 0 Å². The molecule has 5 heteroatoms. The summed E-state index contributed by atoms with van der Waals surface area (Å²) in [5.41, 5.74) is 3.47. The third-order valence-electron chi connectivity index (χ3n) is 1.84. The molecule has 0 radical (unpaired) electrons. The number of aromatic nitrogens is 2. The number of quaternary nitrogens is 1. The molecule has 0 aliphatic carbocycles. The van der Waals surface area contributed by atoms with E-state index in [1.165, 1.54) is 12.6 Å². The van der Waals surface area contributed by atoms with Gasteiger partial charge in [-0.3, -0.25) is 0 Å². The zero-order valence-corrected chi connectivity index (χ0v) is 9.11. The highest BCUT2D eigenvalue weighted by atomic mass is 16.6. The zero-order chi connectivity index (χ0) is 11.3. The van der Waals surface area contributed by atoms with Gasteiger partial charge >= 0.3 is 0 Å². The van der Waals surface area contributed by atoms with Crippen molar-refractivity contribution < 1.29 is 15.4 Å². The molecule has 0 bridgehead atoms. The van der Waals surface area contributed by atoms with Gasteiger partial charge in [0.25, 0.3) is 0 Å². The van der Waals surface area contributed by atoms with E-state index in [0.717, 1.165) is 5.52 Å². The number of nitrogens with one attached hydrogen (secondary N) is 1. The third kappa shape index (κ3) is 2.26. The summed E-state index contributed by atoms with van der Waals surface area (Å²) in [6.45, 7) is 4.00. The molecular formula is C10H16N3O2+. The summed E-state index contributed by atoms with van der Waals surface area (Å²) in [6, 6.07) is 3.60. The van der Waals surface area contributed by atoms with Crippen molar-refractivity contribution in [1.29, 1.82) is 0 Å². The van der Waals surface area contributed by atoms with Gasteiger partial charge in [-0.25, -0.2) is 9.82 Å². The van der Waals surface area contributed by atoms with Crippen LogP contribution in [0.25, 0.3) is 11.0 Å². The fourth-order valence-electron chi connectivity index (χ4n) is 1.23. The monoisotopic (exact) mass is 210 g/mol. The largest absolute Gasteiger partial charge is 0.501 e. The molecule has 0 atom stereocenters. The highest BCUT2D eigenvalue weighted by Gasteiger charge is 2.11. The number of rotatable bonds is 2. The van der Waals surface area contributed by atoms with Crippen LogP contribution in [0.5, 0.6) is 5.75 Å². The molecule has 1 heterocycles. The summed E-state index contributed by atoms with van der Waals surface area (Å²) in [6.07, 6.45) is 1.54. The number of fused-ring (bicyclic) bond motifs is 1. The summed E-state index contributed by atoms with van der Waals surface area (Å²) >= 11 is 0. The lowest BCUT2D eigenvalue weighted by Crippen LogP contribution is -2.75. The van der Waals surface area contributed by atoms with Crippen LogP contribution in [0, 0.1) is 0 Å². The molecule has 15 heavy (non-hydrogen) atoms. The molecule has 1 aromatic carbocycles. The minimum absolute atomic E-state index is 0.139.